The van der Waals surface area contributed by atoms with Crippen LogP contribution in [0.25, 0.3) is 0 Å². The van der Waals surface area contributed by atoms with Crippen LogP contribution in [0.1, 0.15) is 19.8 Å². The van der Waals surface area contributed by atoms with Crippen molar-refractivity contribution in [3.05, 3.63) is 12.2 Å². The minimum absolute atomic E-state index is 0.0425. The molecular formula is C11H15N3O2. The molecule has 2 rings (SSSR count). The monoisotopic (exact) mass is 221 g/mol. The summed E-state index contributed by atoms with van der Waals surface area (Å²) >= 11 is 0. The second kappa shape index (κ2) is 4.55. The molecule has 2 heterocycles. The average Bonchev–Trinajstić information content (AvgIpc) is 2.29. The topological polar surface area (TPSA) is 62.1 Å². The Morgan fingerprint density at radius 1 is 1.56 bits per heavy atom. The maximum Gasteiger partial charge on any atom is 0.287 e. The van der Waals surface area contributed by atoms with E-state index in [1.165, 1.54) is 18.6 Å². The van der Waals surface area contributed by atoms with E-state index < -0.39 is 11.9 Å². The van der Waals surface area contributed by atoms with Gasteiger partial charge >= 0.3 is 0 Å². The number of azo groups is 1. The summed E-state index contributed by atoms with van der Waals surface area (Å²) in [5.41, 5.74) is 0. The first kappa shape index (κ1) is 11.0. The normalized spacial score (nSPS) is 29.6. The van der Waals surface area contributed by atoms with Gasteiger partial charge in [-0.1, -0.05) is 6.92 Å². The van der Waals surface area contributed by atoms with Crippen molar-refractivity contribution >= 4 is 11.8 Å². The molecule has 2 amide bonds. The molecule has 1 saturated heterocycles. The van der Waals surface area contributed by atoms with E-state index in [9.17, 15) is 9.59 Å². The molecule has 2 unspecified atom stereocenters. The Morgan fingerprint density at radius 3 is 3.00 bits per heavy atom. The lowest BCUT2D eigenvalue weighted by atomic mass is 9.99. The zero-order chi connectivity index (χ0) is 11.5. The number of nitrogens with zero attached hydrogens (tertiary/aromatic N) is 3. The van der Waals surface area contributed by atoms with Crippen molar-refractivity contribution in [3.8, 4) is 0 Å². The quantitative estimate of drug-likeness (QED) is 0.667. The first-order valence-electron chi connectivity index (χ1n) is 5.58. The predicted molar refractivity (Wildman–Crippen MR) is 57.8 cm³/mol. The molecule has 0 radical (unpaired) electrons. The zero-order valence-corrected chi connectivity index (χ0v) is 9.30. The Bertz CT molecular complexity index is 346. The number of carbonyl (C=O) groups excluding carboxylic acids is 2. The van der Waals surface area contributed by atoms with Crippen LogP contribution < -0.4 is 0 Å². The van der Waals surface area contributed by atoms with Gasteiger partial charge in [-0.3, -0.25) is 9.59 Å². The molecule has 0 bridgehead atoms. The number of piperidine rings is 1. The van der Waals surface area contributed by atoms with Gasteiger partial charge in [0.05, 0.1) is 0 Å². The van der Waals surface area contributed by atoms with E-state index >= 15 is 0 Å². The van der Waals surface area contributed by atoms with Gasteiger partial charge in [-0.25, -0.2) is 0 Å². The molecule has 0 saturated carbocycles. The summed E-state index contributed by atoms with van der Waals surface area (Å²) in [4.78, 5) is 24.6. The highest BCUT2D eigenvalue weighted by atomic mass is 16.2. The molecule has 2 aliphatic heterocycles. The van der Waals surface area contributed by atoms with Crippen LogP contribution in [0, 0.1) is 5.92 Å². The molecule has 2 atom stereocenters. The summed E-state index contributed by atoms with van der Waals surface area (Å²) in [5.74, 6) is 0.110. The van der Waals surface area contributed by atoms with Gasteiger partial charge in [0.1, 0.15) is 0 Å². The average molecular weight is 221 g/mol. The lowest BCUT2D eigenvalue weighted by molar-refractivity contribution is -0.133. The lowest BCUT2D eigenvalue weighted by Crippen LogP contribution is -2.43. The van der Waals surface area contributed by atoms with E-state index in [-0.39, 0.29) is 5.91 Å². The highest BCUT2D eigenvalue weighted by Gasteiger charge is 2.27. The fourth-order valence-electron chi connectivity index (χ4n) is 2.07. The smallest absolute Gasteiger partial charge is 0.287 e. The minimum Gasteiger partial charge on any atom is -0.340 e. The van der Waals surface area contributed by atoms with Gasteiger partial charge in [0.25, 0.3) is 11.8 Å². The predicted octanol–water partition coefficient (Wildman–Crippen LogP) is 1.16. The maximum absolute atomic E-state index is 12.0. The molecule has 86 valence electrons. The standard InChI is InChI=1S/C11H15N3O2/c1-8-3-2-6-14(7-8)11(16)9-4-5-10(15)13-12-9/h4-5,8-9H,2-3,6-7H2,1H3. The summed E-state index contributed by atoms with van der Waals surface area (Å²) in [6.07, 6.45) is 5.05. The van der Waals surface area contributed by atoms with Gasteiger partial charge in [0.15, 0.2) is 6.04 Å². The van der Waals surface area contributed by atoms with E-state index in [1.807, 2.05) is 4.90 Å². The van der Waals surface area contributed by atoms with Crippen LogP contribution >= 0.6 is 0 Å². The third-order valence-electron chi connectivity index (χ3n) is 2.92. The third-order valence-corrected chi connectivity index (χ3v) is 2.92. The molecule has 0 spiro atoms. The molecule has 0 aromatic heterocycles. The van der Waals surface area contributed by atoms with Gasteiger partial charge in [-0.15, -0.1) is 5.11 Å². The zero-order valence-electron chi connectivity index (χ0n) is 9.30. The Kier molecular flexibility index (Phi) is 3.12. The number of amides is 2. The van der Waals surface area contributed by atoms with Gasteiger partial charge in [0, 0.05) is 19.2 Å². The van der Waals surface area contributed by atoms with E-state index in [4.69, 9.17) is 0 Å². The van der Waals surface area contributed by atoms with Gasteiger partial charge in [0.2, 0.25) is 0 Å². The van der Waals surface area contributed by atoms with Crippen molar-refractivity contribution < 1.29 is 9.59 Å². The summed E-state index contributed by atoms with van der Waals surface area (Å²) in [7, 11) is 0. The Morgan fingerprint density at radius 2 is 2.38 bits per heavy atom. The van der Waals surface area contributed by atoms with Crippen LogP contribution in [0.3, 0.4) is 0 Å². The molecule has 0 N–H and O–H groups in total. The highest BCUT2D eigenvalue weighted by molar-refractivity contribution is 5.92. The minimum atomic E-state index is -0.594. The Balaban J connectivity index is 1.99. The fourth-order valence-corrected chi connectivity index (χ4v) is 2.07. The Hall–Kier alpha value is -1.52. The summed E-state index contributed by atoms with van der Waals surface area (Å²) < 4.78 is 0. The molecule has 5 heteroatoms. The number of hydrogen-bond donors (Lipinski definition) is 0. The summed E-state index contributed by atoms with van der Waals surface area (Å²) in [6.45, 7) is 3.71. The second-order valence-corrected chi connectivity index (χ2v) is 4.39. The van der Waals surface area contributed by atoms with Crippen molar-refractivity contribution in [1.82, 2.24) is 4.90 Å². The fraction of sp³-hybridized carbons (Fsp3) is 0.636. The van der Waals surface area contributed by atoms with Crippen LogP contribution in [-0.2, 0) is 9.59 Å². The third kappa shape index (κ3) is 2.35. The largest absolute Gasteiger partial charge is 0.340 e. The van der Waals surface area contributed by atoms with Gasteiger partial charge in [-0.2, -0.15) is 5.11 Å². The molecular weight excluding hydrogens is 206 g/mol. The number of rotatable bonds is 1. The summed E-state index contributed by atoms with van der Waals surface area (Å²) in [5, 5.41) is 7.11. The van der Waals surface area contributed by atoms with Gasteiger partial charge < -0.3 is 4.90 Å². The molecule has 0 aromatic rings. The van der Waals surface area contributed by atoms with Crippen molar-refractivity contribution in [1.29, 1.82) is 0 Å². The number of hydrogen-bond acceptors (Lipinski definition) is 3. The van der Waals surface area contributed by atoms with Crippen LogP contribution in [0.2, 0.25) is 0 Å². The lowest BCUT2D eigenvalue weighted by Gasteiger charge is -2.32. The second-order valence-electron chi connectivity index (χ2n) is 4.39. The maximum atomic E-state index is 12.0. The van der Waals surface area contributed by atoms with Crippen LogP contribution in [-0.4, -0.2) is 35.8 Å². The molecule has 0 aromatic carbocycles. The van der Waals surface area contributed by atoms with E-state index in [0.29, 0.717) is 5.92 Å². The van der Waals surface area contributed by atoms with Crippen molar-refractivity contribution in [2.75, 3.05) is 13.1 Å². The van der Waals surface area contributed by atoms with Crippen molar-refractivity contribution in [3.63, 3.8) is 0 Å². The first-order valence-corrected chi connectivity index (χ1v) is 5.58. The first-order chi connectivity index (χ1) is 7.66. The number of likely N-dealkylation sites (tertiary alicyclic amines) is 1. The van der Waals surface area contributed by atoms with Gasteiger partial charge in [-0.05, 0) is 24.8 Å². The van der Waals surface area contributed by atoms with Crippen LogP contribution in [0.15, 0.2) is 22.4 Å². The van der Waals surface area contributed by atoms with E-state index in [0.717, 1.165) is 19.5 Å². The van der Waals surface area contributed by atoms with Crippen molar-refractivity contribution in [2.45, 2.75) is 25.8 Å². The van der Waals surface area contributed by atoms with Crippen LogP contribution in [0.5, 0.6) is 0 Å². The van der Waals surface area contributed by atoms with E-state index in [2.05, 4.69) is 17.2 Å². The molecule has 16 heavy (non-hydrogen) atoms. The van der Waals surface area contributed by atoms with E-state index in [1.54, 1.807) is 0 Å². The SMILES string of the molecule is CC1CCCN(C(=O)C2C=CC(=O)N=N2)C1. The molecule has 1 fully saturated rings. The highest BCUT2D eigenvalue weighted by Crippen LogP contribution is 2.17. The van der Waals surface area contributed by atoms with Crippen molar-refractivity contribution in [2.24, 2.45) is 16.1 Å². The molecule has 2 aliphatic rings. The molecule has 0 aliphatic carbocycles. The van der Waals surface area contributed by atoms with Crippen LogP contribution in [0.4, 0.5) is 0 Å². The molecule has 5 nitrogen and oxygen atoms in total. The Labute approximate surface area is 94.2 Å². The number of carbonyl (C=O) groups is 2. The summed E-state index contributed by atoms with van der Waals surface area (Å²) in [6, 6.07) is -0.594.